The maximum atomic E-state index is 14.7. The third-order valence-electron chi connectivity index (χ3n) is 10.2. The van der Waals surface area contributed by atoms with Crippen molar-refractivity contribution in [3.63, 3.8) is 0 Å². The number of Topliss-reactive ketones (excluding diaryl/α,β-unsaturated/α-hetero) is 1. The summed E-state index contributed by atoms with van der Waals surface area (Å²) in [6, 6.07) is 38.4. The molecular formula is C48H54N2O6. The number of carbonyl (C=O) groups excluding carboxylic acids is 3. The van der Waals surface area contributed by atoms with Gasteiger partial charge in [0.15, 0.2) is 0 Å². The fraction of sp³-hybridized carbons (Fsp3) is 0.354. The van der Waals surface area contributed by atoms with Gasteiger partial charge in [0.2, 0.25) is 5.91 Å². The molecule has 8 heteroatoms. The van der Waals surface area contributed by atoms with Gasteiger partial charge in [-0.3, -0.25) is 9.59 Å². The van der Waals surface area contributed by atoms with Gasteiger partial charge in [-0.2, -0.15) is 0 Å². The summed E-state index contributed by atoms with van der Waals surface area (Å²) in [6.45, 7) is 11.5. The molecule has 292 valence electrons. The Morgan fingerprint density at radius 3 is 2.12 bits per heavy atom. The molecule has 0 saturated carbocycles. The van der Waals surface area contributed by atoms with Gasteiger partial charge in [-0.05, 0) is 97.3 Å². The second kappa shape index (κ2) is 18.4. The highest BCUT2D eigenvalue weighted by Gasteiger charge is 2.30. The molecule has 1 N–H and O–H groups in total. The number of rotatable bonds is 17. The lowest BCUT2D eigenvalue weighted by Crippen LogP contribution is -2.42. The van der Waals surface area contributed by atoms with Crippen molar-refractivity contribution in [2.24, 2.45) is 5.92 Å². The highest BCUT2D eigenvalue weighted by molar-refractivity contribution is 5.89. The second-order valence-electron chi connectivity index (χ2n) is 15.6. The van der Waals surface area contributed by atoms with Crippen LogP contribution < -0.4 is 10.1 Å². The van der Waals surface area contributed by atoms with E-state index >= 15 is 0 Å². The van der Waals surface area contributed by atoms with Crippen LogP contribution in [-0.4, -0.2) is 60.7 Å². The zero-order valence-electron chi connectivity index (χ0n) is 33.3. The first kappa shape index (κ1) is 40.2. The van der Waals surface area contributed by atoms with E-state index in [0.717, 1.165) is 49.9 Å². The third kappa shape index (κ3) is 10.4. The van der Waals surface area contributed by atoms with Crippen LogP contribution in [0.1, 0.15) is 75.6 Å². The van der Waals surface area contributed by atoms with Crippen molar-refractivity contribution < 1.29 is 28.6 Å². The van der Waals surface area contributed by atoms with E-state index in [1.807, 2.05) is 106 Å². The number of fused-ring (bicyclic) bond motifs is 4. The monoisotopic (exact) mass is 754 g/mol. The first-order chi connectivity index (χ1) is 27.0. The van der Waals surface area contributed by atoms with Crippen LogP contribution in [0, 0.1) is 5.92 Å². The highest BCUT2D eigenvalue weighted by atomic mass is 16.5. The summed E-state index contributed by atoms with van der Waals surface area (Å²) in [5.41, 5.74) is 6.19. The Kier molecular flexibility index (Phi) is 13.2. The number of carbonyl (C=O) groups is 3. The minimum atomic E-state index is -0.629. The molecule has 8 nitrogen and oxygen atoms in total. The van der Waals surface area contributed by atoms with Gasteiger partial charge < -0.3 is 24.4 Å². The topological polar surface area (TPSA) is 94.2 Å². The number of hydrogen-bond donors (Lipinski definition) is 1. The summed E-state index contributed by atoms with van der Waals surface area (Å²) >= 11 is 0. The number of amides is 2. The van der Waals surface area contributed by atoms with Gasteiger partial charge in [-0.25, -0.2) is 4.79 Å². The average molecular weight is 755 g/mol. The summed E-state index contributed by atoms with van der Waals surface area (Å²) in [6.07, 6.45) is -0.303. The Morgan fingerprint density at radius 2 is 1.45 bits per heavy atom. The van der Waals surface area contributed by atoms with Crippen LogP contribution in [-0.2, 0) is 32.0 Å². The molecule has 6 rings (SSSR count). The van der Waals surface area contributed by atoms with Gasteiger partial charge in [0, 0.05) is 50.9 Å². The summed E-state index contributed by atoms with van der Waals surface area (Å²) in [5.74, 6) is -0.175. The van der Waals surface area contributed by atoms with Gasteiger partial charge in [0.25, 0.3) is 0 Å². The standard InChI is InChI=1S/C48H54N2O6/c1-6-54-33(2)30-50(31-36-16-13-15-35-14-7-8-17-40(35)36)46(52)37(28-34-22-24-39(25-23-34)56-48(3,4)5)29-38(51)26-27-49-47(53)55-32-45-43-20-11-9-18-41(43)42-19-10-12-21-44(42)45/h7-25,33,37,45H,6,26-32H2,1-5H3,(H,49,53)/t33?,37-/m1/s1. The lowest BCUT2D eigenvalue weighted by Gasteiger charge is -2.30. The molecule has 56 heavy (non-hydrogen) atoms. The van der Waals surface area contributed by atoms with Crippen molar-refractivity contribution in [2.75, 3.05) is 26.3 Å². The molecule has 5 aromatic rings. The summed E-state index contributed by atoms with van der Waals surface area (Å²) in [7, 11) is 0. The molecule has 0 saturated heterocycles. The zero-order chi connectivity index (χ0) is 39.7. The summed E-state index contributed by atoms with van der Waals surface area (Å²) in [4.78, 5) is 43.1. The molecule has 1 aliphatic rings. The molecule has 0 aromatic heterocycles. The SMILES string of the molecule is CCOC(C)CN(Cc1cccc2ccccc12)C(=O)[C@@H](CC(=O)CCNC(=O)OCC1c2ccccc2-c2ccccc21)Cc1ccc(OC(C)(C)C)cc1. The van der Waals surface area contributed by atoms with Gasteiger partial charge in [-0.15, -0.1) is 0 Å². The lowest BCUT2D eigenvalue weighted by atomic mass is 9.91. The molecule has 1 unspecified atom stereocenters. The number of ketones is 1. The van der Waals surface area contributed by atoms with Gasteiger partial charge in [-0.1, -0.05) is 103 Å². The van der Waals surface area contributed by atoms with E-state index in [1.165, 1.54) is 0 Å². The van der Waals surface area contributed by atoms with E-state index in [2.05, 4.69) is 53.8 Å². The molecule has 0 bridgehead atoms. The first-order valence-electron chi connectivity index (χ1n) is 19.7. The molecule has 0 radical (unpaired) electrons. The van der Waals surface area contributed by atoms with E-state index in [1.54, 1.807) is 0 Å². The van der Waals surface area contributed by atoms with Crippen molar-refractivity contribution in [2.45, 2.75) is 78.0 Å². The zero-order valence-corrected chi connectivity index (χ0v) is 33.3. The van der Waals surface area contributed by atoms with Crippen LogP contribution in [0.15, 0.2) is 115 Å². The average Bonchev–Trinajstić information content (AvgIpc) is 3.50. The summed E-state index contributed by atoms with van der Waals surface area (Å²) in [5, 5.41) is 4.95. The molecule has 0 spiro atoms. The van der Waals surface area contributed by atoms with E-state index in [4.69, 9.17) is 14.2 Å². The molecule has 1 aliphatic carbocycles. The van der Waals surface area contributed by atoms with E-state index in [9.17, 15) is 14.4 Å². The van der Waals surface area contributed by atoms with Crippen molar-refractivity contribution in [1.82, 2.24) is 10.2 Å². The number of alkyl carbamates (subject to hydrolysis) is 1. The molecular weight excluding hydrogens is 701 g/mol. The smallest absolute Gasteiger partial charge is 0.407 e. The Labute approximate surface area is 331 Å². The first-order valence-corrected chi connectivity index (χ1v) is 19.7. The van der Waals surface area contributed by atoms with Crippen LogP contribution in [0.4, 0.5) is 4.79 Å². The lowest BCUT2D eigenvalue weighted by molar-refractivity contribution is -0.140. The van der Waals surface area contributed by atoms with Crippen molar-refractivity contribution >= 4 is 28.6 Å². The predicted octanol–water partition coefficient (Wildman–Crippen LogP) is 9.52. The Hall–Kier alpha value is -5.47. The molecule has 0 fully saturated rings. The maximum Gasteiger partial charge on any atom is 0.407 e. The molecule has 0 heterocycles. The number of nitrogens with zero attached hydrogens (tertiary/aromatic N) is 1. The van der Waals surface area contributed by atoms with Gasteiger partial charge in [0.1, 0.15) is 23.7 Å². The van der Waals surface area contributed by atoms with Crippen LogP contribution >= 0.6 is 0 Å². The van der Waals surface area contributed by atoms with Gasteiger partial charge >= 0.3 is 6.09 Å². The molecule has 0 aliphatic heterocycles. The largest absolute Gasteiger partial charge is 0.488 e. The fourth-order valence-electron chi connectivity index (χ4n) is 7.68. The van der Waals surface area contributed by atoms with E-state index in [-0.39, 0.29) is 55.3 Å². The number of nitrogens with one attached hydrogen (secondary N) is 1. The Morgan fingerprint density at radius 1 is 0.804 bits per heavy atom. The van der Waals surface area contributed by atoms with Crippen molar-refractivity contribution in [1.29, 1.82) is 0 Å². The summed E-state index contributed by atoms with van der Waals surface area (Å²) < 4.78 is 17.6. The quantitative estimate of drug-likeness (QED) is 0.102. The number of ether oxygens (including phenoxy) is 3. The third-order valence-corrected chi connectivity index (χ3v) is 10.2. The minimum absolute atomic E-state index is 0.0283. The normalized spacial score (nSPS) is 13.4. The van der Waals surface area contributed by atoms with E-state index < -0.39 is 12.0 Å². The van der Waals surface area contributed by atoms with Gasteiger partial charge in [0.05, 0.1) is 6.10 Å². The highest BCUT2D eigenvalue weighted by Crippen LogP contribution is 2.44. The van der Waals surface area contributed by atoms with Crippen LogP contribution in [0.2, 0.25) is 0 Å². The van der Waals surface area contributed by atoms with E-state index in [0.29, 0.717) is 26.1 Å². The maximum absolute atomic E-state index is 14.7. The van der Waals surface area contributed by atoms with Crippen LogP contribution in [0.25, 0.3) is 21.9 Å². The molecule has 2 atom stereocenters. The number of hydrogen-bond acceptors (Lipinski definition) is 6. The van der Waals surface area contributed by atoms with Crippen molar-refractivity contribution in [3.05, 3.63) is 138 Å². The number of benzene rings is 5. The molecule has 5 aromatic carbocycles. The van der Waals surface area contributed by atoms with Crippen molar-refractivity contribution in [3.8, 4) is 16.9 Å². The molecule has 2 amide bonds. The second-order valence-corrected chi connectivity index (χ2v) is 15.6. The van der Waals surface area contributed by atoms with Crippen LogP contribution in [0.3, 0.4) is 0 Å². The predicted molar refractivity (Wildman–Crippen MR) is 222 cm³/mol. The fourth-order valence-corrected chi connectivity index (χ4v) is 7.68. The minimum Gasteiger partial charge on any atom is -0.488 e. The Balaban J connectivity index is 1.13. The van der Waals surface area contributed by atoms with Crippen LogP contribution in [0.5, 0.6) is 5.75 Å². The Bertz CT molecular complexity index is 2070.